The minimum absolute atomic E-state index is 0.158. The molecule has 1 amide bonds. The van der Waals surface area contributed by atoms with Crippen LogP contribution in [0.5, 0.6) is 0 Å². The molecule has 3 aromatic rings. The number of benzene rings is 2. The van der Waals surface area contributed by atoms with Crippen LogP contribution in [0.2, 0.25) is 0 Å². The second-order valence-electron chi connectivity index (χ2n) is 5.27. The molecule has 1 aromatic heterocycles. The number of rotatable bonds is 3. The highest BCUT2D eigenvalue weighted by Gasteiger charge is 2.15. The van der Waals surface area contributed by atoms with E-state index in [1.165, 1.54) is 41.0 Å². The number of pyridine rings is 1. The molecule has 24 heavy (non-hydrogen) atoms. The van der Waals surface area contributed by atoms with Crippen LogP contribution in [-0.2, 0) is 6.54 Å². The minimum Gasteiger partial charge on any atom is -0.321 e. The largest absolute Gasteiger partial charge is 0.321 e. The van der Waals surface area contributed by atoms with Gasteiger partial charge in [0.1, 0.15) is 17.3 Å². The van der Waals surface area contributed by atoms with Gasteiger partial charge < -0.3 is 9.88 Å². The lowest BCUT2D eigenvalue weighted by Crippen LogP contribution is -2.28. The maximum Gasteiger partial charge on any atom is 0.272 e. The molecule has 0 radical (unpaired) electrons. The summed E-state index contributed by atoms with van der Waals surface area (Å²) >= 11 is 0. The Bertz CT molecular complexity index is 979. The molecule has 0 atom stereocenters. The molecule has 3 rings (SSSR count). The molecule has 4 nitrogen and oxygen atoms in total. The van der Waals surface area contributed by atoms with Gasteiger partial charge in [0.15, 0.2) is 0 Å². The molecule has 0 unspecified atom stereocenters. The van der Waals surface area contributed by atoms with Gasteiger partial charge in [0.05, 0.1) is 5.39 Å². The standard InChI is InChI=1S/C18H14F2N2O2/c1-2-22-16(17(23)21-14-7-5-12(19)6-8-14)9-11-3-4-13(20)10-15(11)18(22)24/h3-10H,2H2,1H3,(H,21,23). The first-order valence-corrected chi connectivity index (χ1v) is 7.39. The average Bonchev–Trinajstić information content (AvgIpc) is 2.57. The SMILES string of the molecule is CCn1c(C(=O)Nc2ccc(F)cc2)cc2ccc(F)cc2c1=O. The molecule has 122 valence electrons. The summed E-state index contributed by atoms with van der Waals surface area (Å²) in [6.07, 6.45) is 0. The van der Waals surface area contributed by atoms with Crippen LogP contribution in [0.25, 0.3) is 10.8 Å². The van der Waals surface area contributed by atoms with E-state index in [9.17, 15) is 18.4 Å². The Morgan fingerprint density at radius 3 is 2.38 bits per heavy atom. The number of nitrogens with zero attached hydrogens (tertiary/aromatic N) is 1. The van der Waals surface area contributed by atoms with Gasteiger partial charge in [0, 0.05) is 12.2 Å². The van der Waals surface area contributed by atoms with Gasteiger partial charge >= 0.3 is 0 Å². The number of nitrogens with one attached hydrogen (secondary N) is 1. The van der Waals surface area contributed by atoms with Crippen LogP contribution in [0.3, 0.4) is 0 Å². The van der Waals surface area contributed by atoms with E-state index >= 15 is 0 Å². The van der Waals surface area contributed by atoms with Crippen molar-refractivity contribution in [3.8, 4) is 0 Å². The zero-order valence-electron chi connectivity index (χ0n) is 12.8. The van der Waals surface area contributed by atoms with Crippen LogP contribution >= 0.6 is 0 Å². The molecular formula is C18H14F2N2O2. The lowest BCUT2D eigenvalue weighted by molar-refractivity contribution is 0.101. The summed E-state index contributed by atoms with van der Waals surface area (Å²) in [5.41, 5.74) is 0.139. The monoisotopic (exact) mass is 328 g/mol. The van der Waals surface area contributed by atoms with Crippen molar-refractivity contribution >= 4 is 22.4 Å². The summed E-state index contributed by atoms with van der Waals surface area (Å²) in [5, 5.41) is 3.32. The van der Waals surface area contributed by atoms with Gasteiger partial charge in [0.25, 0.3) is 11.5 Å². The second kappa shape index (κ2) is 6.23. The zero-order valence-corrected chi connectivity index (χ0v) is 12.8. The predicted molar refractivity (Wildman–Crippen MR) is 88.2 cm³/mol. The molecule has 0 fully saturated rings. The number of amides is 1. The molecule has 0 aliphatic heterocycles. The number of anilines is 1. The third kappa shape index (κ3) is 2.90. The van der Waals surface area contributed by atoms with Gasteiger partial charge in [-0.2, -0.15) is 0 Å². The quantitative estimate of drug-likeness (QED) is 0.799. The maximum atomic E-state index is 13.4. The Labute approximate surface area is 136 Å². The normalized spacial score (nSPS) is 10.8. The Balaban J connectivity index is 2.07. The first kappa shape index (κ1) is 15.9. The number of hydrogen-bond acceptors (Lipinski definition) is 2. The average molecular weight is 328 g/mol. The fourth-order valence-electron chi connectivity index (χ4n) is 2.55. The molecule has 1 heterocycles. The summed E-state index contributed by atoms with van der Waals surface area (Å²) in [5.74, 6) is -1.41. The van der Waals surface area contributed by atoms with E-state index in [0.29, 0.717) is 11.1 Å². The molecule has 0 saturated carbocycles. The van der Waals surface area contributed by atoms with Crippen LogP contribution < -0.4 is 10.9 Å². The molecule has 0 aliphatic rings. The van der Waals surface area contributed by atoms with E-state index in [-0.39, 0.29) is 17.6 Å². The lowest BCUT2D eigenvalue weighted by atomic mass is 10.1. The van der Waals surface area contributed by atoms with E-state index in [4.69, 9.17) is 0 Å². The number of carbonyl (C=O) groups is 1. The fraction of sp³-hybridized carbons (Fsp3) is 0.111. The third-order valence-corrected chi connectivity index (χ3v) is 3.72. The Hall–Kier alpha value is -3.02. The molecule has 0 bridgehead atoms. The van der Waals surface area contributed by atoms with E-state index in [1.807, 2.05) is 0 Å². The van der Waals surface area contributed by atoms with Gasteiger partial charge in [-0.15, -0.1) is 0 Å². The van der Waals surface area contributed by atoms with Crippen molar-refractivity contribution in [2.75, 3.05) is 5.32 Å². The van der Waals surface area contributed by atoms with Crippen LogP contribution in [0.15, 0.2) is 53.3 Å². The number of halogens is 2. The molecule has 0 spiro atoms. The van der Waals surface area contributed by atoms with Crippen LogP contribution in [0, 0.1) is 11.6 Å². The van der Waals surface area contributed by atoms with Crippen molar-refractivity contribution in [2.45, 2.75) is 13.5 Å². The summed E-state index contributed by atoms with van der Waals surface area (Å²) in [6, 6.07) is 10.7. The van der Waals surface area contributed by atoms with Crippen molar-refractivity contribution in [1.82, 2.24) is 4.57 Å². The molecule has 2 aromatic carbocycles. The van der Waals surface area contributed by atoms with Gasteiger partial charge in [0.2, 0.25) is 0 Å². The first-order chi connectivity index (χ1) is 11.5. The Morgan fingerprint density at radius 2 is 1.71 bits per heavy atom. The van der Waals surface area contributed by atoms with E-state index in [2.05, 4.69) is 5.32 Å². The van der Waals surface area contributed by atoms with Crippen molar-refractivity contribution in [2.24, 2.45) is 0 Å². The van der Waals surface area contributed by atoms with E-state index in [0.717, 1.165) is 6.07 Å². The van der Waals surface area contributed by atoms with E-state index in [1.54, 1.807) is 13.0 Å². The number of aromatic nitrogens is 1. The predicted octanol–water partition coefficient (Wildman–Crippen LogP) is 3.55. The van der Waals surface area contributed by atoms with Gasteiger partial charge in [-0.25, -0.2) is 8.78 Å². The molecule has 0 aliphatic carbocycles. The van der Waals surface area contributed by atoms with Crippen LogP contribution in [-0.4, -0.2) is 10.5 Å². The maximum absolute atomic E-state index is 13.4. The molecule has 1 N–H and O–H groups in total. The molecular weight excluding hydrogens is 314 g/mol. The Kier molecular flexibility index (Phi) is 4.12. The van der Waals surface area contributed by atoms with Crippen LogP contribution in [0.4, 0.5) is 14.5 Å². The summed E-state index contributed by atoms with van der Waals surface area (Å²) in [6.45, 7) is 1.98. The summed E-state index contributed by atoms with van der Waals surface area (Å²) in [7, 11) is 0. The van der Waals surface area contributed by atoms with Crippen molar-refractivity contribution in [3.05, 3.63) is 76.2 Å². The van der Waals surface area contributed by atoms with Crippen molar-refractivity contribution in [3.63, 3.8) is 0 Å². The fourth-order valence-corrected chi connectivity index (χ4v) is 2.55. The van der Waals surface area contributed by atoms with Gasteiger partial charge in [-0.05, 0) is 54.8 Å². The smallest absolute Gasteiger partial charge is 0.272 e. The van der Waals surface area contributed by atoms with E-state index < -0.39 is 23.1 Å². The summed E-state index contributed by atoms with van der Waals surface area (Å²) < 4.78 is 27.6. The second-order valence-corrected chi connectivity index (χ2v) is 5.27. The van der Waals surface area contributed by atoms with Gasteiger partial charge in [-0.3, -0.25) is 9.59 Å². The van der Waals surface area contributed by atoms with Gasteiger partial charge in [-0.1, -0.05) is 6.07 Å². The molecule has 6 heteroatoms. The third-order valence-electron chi connectivity index (χ3n) is 3.72. The highest BCUT2D eigenvalue weighted by molar-refractivity contribution is 6.05. The zero-order chi connectivity index (χ0) is 17.3. The topological polar surface area (TPSA) is 51.1 Å². The highest BCUT2D eigenvalue weighted by Crippen LogP contribution is 2.16. The van der Waals surface area contributed by atoms with Crippen LogP contribution in [0.1, 0.15) is 17.4 Å². The summed E-state index contributed by atoms with van der Waals surface area (Å²) in [4.78, 5) is 25.0. The number of hydrogen-bond donors (Lipinski definition) is 1. The first-order valence-electron chi connectivity index (χ1n) is 7.39. The highest BCUT2D eigenvalue weighted by atomic mass is 19.1. The molecule has 0 saturated heterocycles. The van der Waals surface area contributed by atoms with Crippen molar-refractivity contribution < 1.29 is 13.6 Å². The van der Waals surface area contributed by atoms with Crippen molar-refractivity contribution in [1.29, 1.82) is 0 Å². The lowest BCUT2D eigenvalue weighted by Gasteiger charge is -2.13. The number of fused-ring (bicyclic) bond motifs is 1. The number of carbonyl (C=O) groups excluding carboxylic acids is 1. The Morgan fingerprint density at radius 1 is 1.04 bits per heavy atom. The minimum atomic E-state index is -0.509.